The Bertz CT molecular complexity index is 1200. The van der Waals surface area contributed by atoms with Gasteiger partial charge >= 0.3 is 6.09 Å². The molecule has 1 atom stereocenters. The topological polar surface area (TPSA) is 105 Å². The van der Waals surface area contributed by atoms with Gasteiger partial charge in [0.2, 0.25) is 15.9 Å². The minimum atomic E-state index is -3.94. The number of nitrogens with zero attached hydrogens (tertiary/aromatic N) is 1. The Kier molecular flexibility index (Phi) is 7.15. The highest BCUT2D eigenvalue weighted by molar-refractivity contribution is 7.92. The molecule has 3 rings (SSSR count). The minimum Gasteiger partial charge on any atom is -0.444 e. The summed E-state index contributed by atoms with van der Waals surface area (Å²) in [4.78, 5) is 26.1. The molecule has 0 aromatic heterocycles. The van der Waals surface area contributed by atoms with Gasteiger partial charge in [0.15, 0.2) is 11.6 Å². The number of benzene rings is 2. The summed E-state index contributed by atoms with van der Waals surface area (Å²) in [6.45, 7) is 4.98. The van der Waals surface area contributed by atoms with Crippen LogP contribution >= 0.6 is 0 Å². The molecule has 184 valence electrons. The van der Waals surface area contributed by atoms with Gasteiger partial charge in [-0.25, -0.2) is 22.0 Å². The molecule has 0 saturated carbocycles. The van der Waals surface area contributed by atoms with E-state index >= 15 is 8.78 Å². The minimum absolute atomic E-state index is 0.0117. The highest BCUT2D eigenvalue weighted by Gasteiger charge is 2.36. The van der Waals surface area contributed by atoms with E-state index < -0.39 is 56.7 Å². The van der Waals surface area contributed by atoms with Crippen molar-refractivity contribution in [3.63, 3.8) is 0 Å². The van der Waals surface area contributed by atoms with Crippen molar-refractivity contribution < 1.29 is 31.5 Å². The number of alkyl carbamates (subject to hydrolysis) is 1. The van der Waals surface area contributed by atoms with E-state index in [1.54, 1.807) is 51.1 Å². The third-order valence-electron chi connectivity index (χ3n) is 4.97. The average molecular weight is 496 g/mol. The maximum absolute atomic E-state index is 15.7. The quantitative estimate of drug-likeness (QED) is 0.652. The first-order valence-corrected chi connectivity index (χ1v) is 12.5. The van der Waals surface area contributed by atoms with Crippen LogP contribution in [0.15, 0.2) is 36.4 Å². The molecule has 11 heteroatoms. The van der Waals surface area contributed by atoms with E-state index in [1.165, 1.54) is 0 Å². The van der Waals surface area contributed by atoms with Gasteiger partial charge in [-0.3, -0.25) is 9.52 Å². The number of carbonyl (C=O) groups excluding carboxylic acids is 2. The van der Waals surface area contributed by atoms with Crippen LogP contribution < -0.4 is 14.9 Å². The van der Waals surface area contributed by atoms with E-state index in [4.69, 9.17) is 4.74 Å². The first-order chi connectivity index (χ1) is 15.8. The number of hydrogen-bond donors (Lipinski definition) is 2. The lowest BCUT2D eigenvalue weighted by Gasteiger charge is -2.34. The molecule has 34 heavy (non-hydrogen) atoms. The molecule has 1 saturated heterocycles. The van der Waals surface area contributed by atoms with Gasteiger partial charge in [0.25, 0.3) is 0 Å². The van der Waals surface area contributed by atoms with Gasteiger partial charge in [-0.15, -0.1) is 0 Å². The zero-order valence-corrected chi connectivity index (χ0v) is 20.1. The summed E-state index contributed by atoms with van der Waals surface area (Å²) in [6, 6.07) is 8.08. The van der Waals surface area contributed by atoms with Gasteiger partial charge in [-0.1, -0.05) is 30.3 Å². The Hall–Kier alpha value is -3.21. The van der Waals surface area contributed by atoms with Crippen LogP contribution in [0.25, 0.3) is 11.1 Å². The average Bonchev–Trinajstić information content (AvgIpc) is 2.71. The first kappa shape index (κ1) is 25.4. The van der Waals surface area contributed by atoms with Crippen LogP contribution in [-0.2, 0) is 19.6 Å². The number of rotatable bonds is 5. The van der Waals surface area contributed by atoms with Crippen molar-refractivity contribution in [2.24, 2.45) is 0 Å². The van der Waals surface area contributed by atoms with Crippen molar-refractivity contribution in [3.05, 3.63) is 48.0 Å². The van der Waals surface area contributed by atoms with Crippen LogP contribution in [0.2, 0.25) is 0 Å². The van der Waals surface area contributed by atoms with Crippen LogP contribution in [0, 0.1) is 11.6 Å². The van der Waals surface area contributed by atoms with Gasteiger partial charge in [-0.05, 0) is 45.2 Å². The van der Waals surface area contributed by atoms with Gasteiger partial charge in [0, 0.05) is 12.1 Å². The molecule has 1 aliphatic heterocycles. The molecule has 1 aliphatic rings. The van der Waals surface area contributed by atoms with Crippen LogP contribution in [-0.4, -0.2) is 44.9 Å². The number of halogens is 2. The van der Waals surface area contributed by atoms with E-state index in [1.807, 2.05) is 0 Å². The van der Waals surface area contributed by atoms with Crippen LogP contribution in [0.4, 0.5) is 25.0 Å². The zero-order chi connectivity index (χ0) is 25.3. The van der Waals surface area contributed by atoms with Crippen molar-refractivity contribution in [1.29, 1.82) is 0 Å². The number of nitrogens with one attached hydrogen (secondary N) is 2. The summed E-state index contributed by atoms with van der Waals surface area (Å²) in [6.07, 6.45) is 0.624. The Morgan fingerprint density at radius 2 is 1.82 bits per heavy atom. The molecule has 0 spiro atoms. The largest absolute Gasteiger partial charge is 0.444 e. The van der Waals surface area contributed by atoms with Crippen LogP contribution in [0.3, 0.4) is 0 Å². The number of hydrogen-bond acceptors (Lipinski definition) is 5. The van der Waals surface area contributed by atoms with Gasteiger partial charge < -0.3 is 15.0 Å². The fourth-order valence-electron chi connectivity index (χ4n) is 3.67. The first-order valence-electron chi connectivity index (χ1n) is 10.6. The maximum Gasteiger partial charge on any atom is 0.408 e. The molecule has 2 aromatic rings. The van der Waals surface area contributed by atoms with Crippen LogP contribution in [0.1, 0.15) is 33.6 Å². The van der Waals surface area contributed by atoms with E-state index in [0.717, 1.165) is 17.2 Å². The number of piperidine rings is 1. The Morgan fingerprint density at radius 1 is 1.18 bits per heavy atom. The van der Waals surface area contributed by atoms with E-state index in [2.05, 4.69) is 10.0 Å². The SMILES string of the molecule is CC(C)(C)OC(=O)NC1CCCN(c2c(F)cc(-c3ccccc3)c(NS(C)(=O)=O)c2F)C1=O. The summed E-state index contributed by atoms with van der Waals surface area (Å²) in [5.41, 5.74) is -1.59. The zero-order valence-electron chi connectivity index (χ0n) is 19.3. The summed E-state index contributed by atoms with van der Waals surface area (Å²) in [5.74, 6) is -3.00. The summed E-state index contributed by atoms with van der Waals surface area (Å²) in [7, 11) is -3.94. The highest BCUT2D eigenvalue weighted by Crippen LogP contribution is 2.39. The highest BCUT2D eigenvalue weighted by atomic mass is 32.2. The second-order valence-corrected chi connectivity index (χ2v) is 10.8. The summed E-state index contributed by atoms with van der Waals surface area (Å²) >= 11 is 0. The lowest BCUT2D eigenvalue weighted by atomic mass is 10.00. The number of ether oxygens (including phenoxy) is 1. The van der Waals surface area contributed by atoms with Crippen molar-refractivity contribution in [2.75, 3.05) is 22.4 Å². The standard InChI is InChI=1S/C23H27F2N3O5S/c1-23(2,3)33-22(30)26-17-11-8-12-28(21(17)29)20-16(24)13-15(14-9-6-5-7-10-14)19(18(20)25)27-34(4,31)32/h5-7,9-10,13,17,27H,8,11-12H2,1-4H3,(H,26,30). The van der Waals surface area contributed by atoms with E-state index in [9.17, 15) is 18.0 Å². The molecule has 2 aromatic carbocycles. The lowest BCUT2D eigenvalue weighted by Crippen LogP contribution is -2.53. The summed E-state index contributed by atoms with van der Waals surface area (Å²) in [5, 5.41) is 2.45. The molecule has 0 bridgehead atoms. The molecule has 1 fully saturated rings. The number of carbonyl (C=O) groups is 2. The molecule has 0 aliphatic carbocycles. The smallest absolute Gasteiger partial charge is 0.408 e. The normalized spacial score (nSPS) is 16.8. The molecular weight excluding hydrogens is 468 g/mol. The molecule has 1 unspecified atom stereocenters. The summed E-state index contributed by atoms with van der Waals surface area (Å²) < 4.78 is 62.1. The third-order valence-corrected chi connectivity index (χ3v) is 5.54. The fourth-order valence-corrected chi connectivity index (χ4v) is 4.24. The molecule has 0 radical (unpaired) electrons. The second-order valence-electron chi connectivity index (χ2n) is 9.01. The molecule has 2 N–H and O–H groups in total. The molecule has 8 nitrogen and oxygen atoms in total. The molecule has 2 amide bonds. The lowest BCUT2D eigenvalue weighted by molar-refractivity contribution is -0.121. The number of sulfonamides is 1. The fraction of sp³-hybridized carbons (Fsp3) is 0.391. The van der Waals surface area contributed by atoms with Crippen molar-refractivity contribution in [3.8, 4) is 11.1 Å². The molecular formula is C23H27F2N3O5S. The number of amides is 2. The monoisotopic (exact) mass is 495 g/mol. The van der Waals surface area contributed by atoms with Gasteiger partial charge in [0.05, 0.1) is 11.9 Å². The Morgan fingerprint density at radius 3 is 2.41 bits per heavy atom. The van der Waals surface area contributed by atoms with E-state index in [0.29, 0.717) is 12.0 Å². The Labute approximate surface area is 197 Å². The predicted octanol–water partition coefficient (Wildman–Crippen LogP) is 4.02. The van der Waals surface area contributed by atoms with E-state index in [-0.39, 0.29) is 18.5 Å². The second kappa shape index (κ2) is 9.57. The van der Waals surface area contributed by atoms with Crippen molar-refractivity contribution in [2.45, 2.75) is 45.3 Å². The predicted molar refractivity (Wildman–Crippen MR) is 125 cm³/mol. The molecule has 1 heterocycles. The maximum atomic E-state index is 15.7. The van der Waals surface area contributed by atoms with Crippen molar-refractivity contribution >= 4 is 33.4 Å². The number of anilines is 2. The third kappa shape index (κ3) is 6.02. The Balaban J connectivity index is 2.02. The van der Waals surface area contributed by atoms with Gasteiger partial charge in [0.1, 0.15) is 17.3 Å². The van der Waals surface area contributed by atoms with Crippen molar-refractivity contribution in [1.82, 2.24) is 5.32 Å². The van der Waals surface area contributed by atoms with Gasteiger partial charge in [-0.2, -0.15) is 0 Å². The van der Waals surface area contributed by atoms with Crippen LogP contribution in [0.5, 0.6) is 0 Å².